The molecule has 0 aliphatic carbocycles. The number of carbonyl (C=O) groups is 1. The summed E-state index contributed by atoms with van der Waals surface area (Å²) in [5.41, 5.74) is 1.37. The highest BCUT2D eigenvalue weighted by molar-refractivity contribution is 5.91. The molecule has 0 unspecified atom stereocenters. The van der Waals surface area contributed by atoms with E-state index in [1.165, 1.54) is 7.11 Å². The highest BCUT2D eigenvalue weighted by atomic mass is 16.5. The zero-order chi connectivity index (χ0) is 12.5. The molecule has 0 saturated heterocycles. The fraction of sp³-hybridized carbons (Fsp3) is 0.333. The predicted octanol–water partition coefficient (Wildman–Crippen LogP) is 1.51. The van der Waals surface area contributed by atoms with Gasteiger partial charge in [0.1, 0.15) is 0 Å². The number of H-pyrrole nitrogens is 1. The molecule has 1 aliphatic rings. The number of ether oxygens (including phenoxy) is 3. The standard InChI is InChI=1S/C12H12N2O4/c1-16-12(15)11-13-7-5-9-10(6-8(7)14-11)18-4-2-3-17-9/h5-6H,2-4H2,1H3,(H,13,14). The molecule has 0 saturated carbocycles. The van der Waals surface area contributed by atoms with Crippen molar-refractivity contribution in [2.24, 2.45) is 0 Å². The minimum atomic E-state index is -0.497. The number of benzene rings is 1. The number of carbonyl (C=O) groups excluding carboxylic acids is 1. The lowest BCUT2D eigenvalue weighted by atomic mass is 10.3. The first-order chi connectivity index (χ1) is 8.78. The summed E-state index contributed by atoms with van der Waals surface area (Å²) in [6.07, 6.45) is 0.851. The van der Waals surface area contributed by atoms with Crippen LogP contribution in [0.3, 0.4) is 0 Å². The molecular weight excluding hydrogens is 236 g/mol. The van der Waals surface area contributed by atoms with Gasteiger partial charge in [0.2, 0.25) is 5.82 Å². The number of nitrogens with zero attached hydrogens (tertiary/aromatic N) is 1. The maximum absolute atomic E-state index is 11.4. The molecule has 0 spiro atoms. The quantitative estimate of drug-likeness (QED) is 0.774. The number of esters is 1. The third-order valence-electron chi connectivity index (χ3n) is 2.73. The minimum Gasteiger partial charge on any atom is -0.489 e. The summed E-state index contributed by atoms with van der Waals surface area (Å²) in [4.78, 5) is 18.4. The Hall–Kier alpha value is -2.24. The van der Waals surface area contributed by atoms with Crippen molar-refractivity contribution in [1.82, 2.24) is 9.97 Å². The second kappa shape index (κ2) is 4.21. The maximum Gasteiger partial charge on any atom is 0.374 e. The number of hydrogen-bond acceptors (Lipinski definition) is 5. The molecule has 1 aromatic heterocycles. The van der Waals surface area contributed by atoms with Crippen LogP contribution in [0.25, 0.3) is 11.0 Å². The second-order valence-corrected chi connectivity index (χ2v) is 3.94. The fourth-order valence-electron chi connectivity index (χ4n) is 1.86. The van der Waals surface area contributed by atoms with E-state index in [-0.39, 0.29) is 5.82 Å². The normalized spacial score (nSPS) is 14.3. The van der Waals surface area contributed by atoms with E-state index >= 15 is 0 Å². The molecule has 6 nitrogen and oxygen atoms in total. The van der Waals surface area contributed by atoms with Crippen LogP contribution < -0.4 is 9.47 Å². The van der Waals surface area contributed by atoms with E-state index in [2.05, 4.69) is 14.7 Å². The van der Waals surface area contributed by atoms with Crippen LogP contribution in [0.15, 0.2) is 12.1 Å². The highest BCUT2D eigenvalue weighted by Gasteiger charge is 2.16. The number of imidazole rings is 1. The van der Waals surface area contributed by atoms with Crippen LogP contribution in [0.4, 0.5) is 0 Å². The summed E-state index contributed by atoms with van der Waals surface area (Å²) in [6, 6.07) is 3.55. The number of methoxy groups -OCH3 is 1. The predicted molar refractivity (Wildman–Crippen MR) is 63.0 cm³/mol. The average Bonchev–Trinajstić information content (AvgIpc) is 2.66. The monoisotopic (exact) mass is 248 g/mol. The van der Waals surface area contributed by atoms with E-state index < -0.39 is 5.97 Å². The first kappa shape index (κ1) is 10.9. The lowest BCUT2D eigenvalue weighted by Gasteiger charge is -2.05. The third-order valence-corrected chi connectivity index (χ3v) is 2.73. The molecule has 0 amide bonds. The lowest BCUT2D eigenvalue weighted by Crippen LogP contribution is -2.02. The summed E-state index contributed by atoms with van der Waals surface area (Å²) in [5, 5.41) is 0. The number of fused-ring (bicyclic) bond motifs is 2. The van der Waals surface area contributed by atoms with Crippen molar-refractivity contribution in [3.63, 3.8) is 0 Å². The summed E-state index contributed by atoms with van der Waals surface area (Å²) in [5.74, 6) is 0.999. The molecule has 0 bridgehead atoms. The van der Waals surface area contributed by atoms with Gasteiger partial charge in [-0.1, -0.05) is 0 Å². The number of hydrogen-bond donors (Lipinski definition) is 1. The van der Waals surface area contributed by atoms with Crippen molar-refractivity contribution in [2.75, 3.05) is 20.3 Å². The second-order valence-electron chi connectivity index (χ2n) is 3.94. The Balaban J connectivity index is 2.09. The van der Waals surface area contributed by atoms with Crippen LogP contribution in [0, 0.1) is 0 Å². The van der Waals surface area contributed by atoms with Crippen LogP contribution >= 0.6 is 0 Å². The molecule has 2 heterocycles. The minimum absolute atomic E-state index is 0.174. The Morgan fingerprint density at radius 3 is 2.78 bits per heavy atom. The van der Waals surface area contributed by atoms with Crippen LogP contribution in [0.5, 0.6) is 11.5 Å². The van der Waals surface area contributed by atoms with Gasteiger partial charge in [-0.15, -0.1) is 0 Å². The van der Waals surface area contributed by atoms with Crippen molar-refractivity contribution in [2.45, 2.75) is 6.42 Å². The van der Waals surface area contributed by atoms with Gasteiger partial charge in [-0.05, 0) is 0 Å². The first-order valence-electron chi connectivity index (χ1n) is 5.65. The SMILES string of the molecule is COC(=O)c1nc2cc3c(cc2[nH]1)OCCCO3. The van der Waals surface area contributed by atoms with Crippen LogP contribution in [0.1, 0.15) is 17.0 Å². The molecule has 18 heavy (non-hydrogen) atoms. The van der Waals surface area contributed by atoms with Crippen molar-refractivity contribution in [1.29, 1.82) is 0 Å². The number of rotatable bonds is 1. The van der Waals surface area contributed by atoms with Gasteiger partial charge < -0.3 is 19.2 Å². The van der Waals surface area contributed by atoms with Gasteiger partial charge in [-0.2, -0.15) is 0 Å². The van der Waals surface area contributed by atoms with Gasteiger partial charge >= 0.3 is 5.97 Å². The molecule has 0 fully saturated rings. The Morgan fingerprint density at radius 2 is 2.06 bits per heavy atom. The maximum atomic E-state index is 11.4. The smallest absolute Gasteiger partial charge is 0.374 e. The van der Waals surface area contributed by atoms with E-state index in [0.717, 1.165) is 11.9 Å². The Kier molecular flexibility index (Phi) is 2.55. The van der Waals surface area contributed by atoms with Crippen LogP contribution in [-0.4, -0.2) is 36.3 Å². The van der Waals surface area contributed by atoms with E-state index in [9.17, 15) is 4.79 Å². The van der Waals surface area contributed by atoms with E-state index in [0.29, 0.717) is 30.2 Å². The summed E-state index contributed by atoms with van der Waals surface area (Å²) in [7, 11) is 1.32. The molecule has 2 aromatic rings. The Morgan fingerprint density at radius 1 is 1.33 bits per heavy atom. The molecule has 1 N–H and O–H groups in total. The van der Waals surface area contributed by atoms with Gasteiger partial charge in [0, 0.05) is 18.6 Å². The van der Waals surface area contributed by atoms with Crippen molar-refractivity contribution in [3.05, 3.63) is 18.0 Å². The number of aromatic amines is 1. The van der Waals surface area contributed by atoms with Gasteiger partial charge in [0.05, 0.1) is 31.4 Å². The Bertz CT molecular complexity index is 562. The fourth-order valence-corrected chi connectivity index (χ4v) is 1.86. The summed E-state index contributed by atoms with van der Waals surface area (Å²) < 4.78 is 15.7. The van der Waals surface area contributed by atoms with Gasteiger partial charge in [-0.3, -0.25) is 0 Å². The highest BCUT2D eigenvalue weighted by Crippen LogP contribution is 2.33. The van der Waals surface area contributed by atoms with E-state index in [1.807, 2.05) is 0 Å². The van der Waals surface area contributed by atoms with Crippen molar-refractivity contribution >= 4 is 17.0 Å². The molecule has 1 aromatic carbocycles. The van der Waals surface area contributed by atoms with Gasteiger partial charge in [-0.25, -0.2) is 9.78 Å². The molecule has 1 aliphatic heterocycles. The van der Waals surface area contributed by atoms with E-state index in [4.69, 9.17) is 9.47 Å². The van der Waals surface area contributed by atoms with Gasteiger partial charge in [0.15, 0.2) is 11.5 Å². The average molecular weight is 248 g/mol. The van der Waals surface area contributed by atoms with E-state index in [1.54, 1.807) is 12.1 Å². The van der Waals surface area contributed by atoms with Crippen LogP contribution in [0.2, 0.25) is 0 Å². The molecule has 0 radical (unpaired) electrons. The molecular formula is C12H12N2O4. The van der Waals surface area contributed by atoms with Crippen molar-refractivity contribution in [3.8, 4) is 11.5 Å². The molecule has 0 atom stereocenters. The summed E-state index contributed by atoms with van der Waals surface area (Å²) >= 11 is 0. The first-order valence-corrected chi connectivity index (χ1v) is 5.65. The van der Waals surface area contributed by atoms with Crippen molar-refractivity contribution < 1.29 is 19.0 Å². The lowest BCUT2D eigenvalue weighted by molar-refractivity contribution is 0.0588. The molecule has 94 valence electrons. The zero-order valence-electron chi connectivity index (χ0n) is 9.86. The molecule has 6 heteroatoms. The van der Waals surface area contributed by atoms with Gasteiger partial charge in [0.25, 0.3) is 0 Å². The zero-order valence-corrected chi connectivity index (χ0v) is 9.86. The third kappa shape index (κ3) is 1.75. The number of nitrogens with one attached hydrogen (secondary N) is 1. The largest absolute Gasteiger partial charge is 0.489 e. The summed E-state index contributed by atoms with van der Waals surface area (Å²) in [6.45, 7) is 1.24. The van der Waals surface area contributed by atoms with Crippen LogP contribution in [-0.2, 0) is 4.74 Å². The topological polar surface area (TPSA) is 73.4 Å². The number of aromatic nitrogens is 2. The molecule has 3 rings (SSSR count). The Labute approximate surface area is 103 Å².